The van der Waals surface area contributed by atoms with Gasteiger partial charge in [-0.1, -0.05) is 20.3 Å². The minimum Gasteiger partial charge on any atom is -0.481 e. The summed E-state index contributed by atoms with van der Waals surface area (Å²) >= 11 is 0. The summed E-state index contributed by atoms with van der Waals surface area (Å²) < 4.78 is 0. The molecule has 0 aromatic heterocycles. The molecule has 2 aliphatic heterocycles. The number of likely N-dealkylation sites (tertiary alicyclic amines) is 2. The number of hydrogen-bond donors (Lipinski definition) is 1. The Labute approximate surface area is 127 Å². The van der Waals surface area contributed by atoms with Crippen molar-refractivity contribution in [2.75, 3.05) is 19.6 Å². The molecule has 3 unspecified atom stereocenters. The van der Waals surface area contributed by atoms with Crippen LogP contribution < -0.4 is 0 Å². The van der Waals surface area contributed by atoms with E-state index in [1.165, 1.54) is 6.42 Å². The van der Waals surface area contributed by atoms with Crippen molar-refractivity contribution in [3.63, 3.8) is 0 Å². The molecule has 0 radical (unpaired) electrons. The summed E-state index contributed by atoms with van der Waals surface area (Å²) in [6, 6.07) is 0.283. The van der Waals surface area contributed by atoms with Gasteiger partial charge in [-0.25, -0.2) is 4.79 Å². The lowest BCUT2D eigenvalue weighted by molar-refractivity contribution is -0.148. The Morgan fingerprint density at radius 3 is 2.62 bits per heavy atom. The second-order valence-corrected chi connectivity index (χ2v) is 6.84. The quantitative estimate of drug-likeness (QED) is 0.871. The molecule has 0 bridgehead atoms. The average Bonchev–Trinajstić information content (AvgIpc) is 2.87. The third-order valence-electron chi connectivity index (χ3n) is 5.43. The molecule has 3 atom stereocenters. The number of piperidine rings is 1. The van der Waals surface area contributed by atoms with Crippen molar-refractivity contribution < 1.29 is 14.7 Å². The summed E-state index contributed by atoms with van der Waals surface area (Å²) in [7, 11) is 0. The highest BCUT2D eigenvalue weighted by Crippen LogP contribution is 2.36. The monoisotopic (exact) mass is 296 g/mol. The molecule has 0 aromatic carbocycles. The van der Waals surface area contributed by atoms with E-state index >= 15 is 0 Å². The summed E-state index contributed by atoms with van der Waals surface area (Å²) in [5.74, 6) is -0.232. The Bertz CT molecular complexity index is 412. The first-order chi connectivity index (χ1) is 9.91. The van der Waals surface area contributed by atoms with Gasteiger partial charge in [0.2, 0.25) is 0 Å². The van der Waals surface area contributed by atoms with Gasteiger partial charge in [0.15, 0.2) is 0 Å². The number of carbonyl (C=O) groups excluding carboxylic acids is 1. The van der Waals surface area contributed by atoms with Crippen LogP contribution in [0.25, 0.3) is 0 Å². The average molecular weight is 296 g/mol. The van der Waals surface area contributed by atoms with Gasteiger partial charge in [-0.2, -0.15) is 0 Å². The number of urea groups is 1. The molecule has 2 saturated heterocycles. The van der Waals surface area contributed by atoms with Crippen molar-refractivity contribution in [1.82, 2.24) is 9.80 Å². The Hall–Kier alpha value is -1.26. The van der Waals surface area contributed by atoms with Crippen LogP contribution in [0, 0.1) is 11.3 Å². The van der Waals surface area contributed by atoms with E-state index in [-0.39, 0.29) is 12.1 Å². The topological polar surface area (TPSA) is 60.9 Å². The van der Waals surface area contributed by atoms with Gasteiger partial charge in [-0.05, 0) is 38.5 Å². The van der Waals surface area contributed by atoms with Crippen molar-refractivity contribution >= 4 is 12.0 Å². The predicted octanol–water partition coefficient (Wildman–Crippen LogP) is 2.80. The van der Waals surface area contributed by atoms with Crippen molar-refractivity contribution in [2.24, 2.45) is 11.3 Å². The summed E-state index contributed by atoms with van der Waals surface area (Å²) in [5.41, 5.74) is -0.727. The number of aliphatic carboxylic acids is 1. The standard InChI is InChI=1S/C16H28N2O3/c1-4-7-16(14(19)20)8-10-17(11-16)15(21)18-9-5-6-12(2)13(18)3/h12-13H,4-11H2,1-3H3,(H,19,20). The number of carbonyl (C=O) groups is 2. The fraction of sp³-hybridized carbons (Fsp3) is 0.875. The van der Waals surface area contributed by atoms with Crippen LogP contribution in [0.15, 0.2) is 0 Å². The Morgan fingerprint density at radius 2 is 2.00 bits per heavy atom. The first kappa shape index (κ1) is 16.1. The second kappa shape index (κ2) is 6.24. The van der Waals surface area contributed by atoms with E-state index in [4.69, 9.17) is 0 Å². The van der Waals surface area contributed by atoms with Crippen LogP contribution in [0.5, 0.6) is 0 Å². The zero-order valence-electron chi connectivity index (χ0n) is 13.5. The van der Waals surface area contributed by atoms with Crippen molar-refractivity contribution in [3.05, 3.63) is 0 Å². The van der Waals surface area contributed by atoms with Crippen LogP contribution in [-0.4, -0.2) is 52.6 Å². The third-order valence-corrected chi connectivity index (χ3v) is 5.43. The van der Waals surface area contributed by atoms with Crippen LogP contribution in [0.1, 0.15) is 52.9 Å². The molecule has 0 spiro atoms. The molecule has 0 aliphatic carbocycles. The largest absolute Gasteiger partial charge is 0.481 e. The molecule has 2 fully saturated rings. The highest BCUT2D eigenvalue weighted by atomic mass is 16.4. The molecular weight excluding hydrogens is 268 g/mol. The van der Waals surface area contributed by atoms with E-state index in [0.717, 1.165) is 19.4 Å². The van der Waals surface area contributed by atoms with Gasteiger partial charge in [0.1, 0.15) is 0 Å². The highest BCUT2D eigenvalue weighted by Gasteiger charge is 2.46. The number of carboxylic acid groups (broad SMARTS) is 1. The lowest BCUT2D eigenvalue weighted by Crippen LogP contribution is -2.51. The van der Waals surface area contributed by atoms with E-state index in [1.807, 2.05) is 11.8 Å². The smallest absolute Gasteiger partial charge is 0.320 e. The lowest BCUT2D eigenvalue weighted by Gasteiger charge is -2.40. The van der Waals surface area contributed by atoms with E-state index in [9.17, 15) is 14.7 Å². The first-order valence-electron chi connectivity index (χ1n) is 8.20. The van der Waals surface area contributed by atoms with Crippen LogP contribution in [0.4, 0.5) is 4.79 Å². The Kier molecular flexibility index (Phi) is 4.79. The molecule has 21 heavy (non-hydrogen) atoms. The van der Waals surface area contributed by atoms with Crippen LogP contribution in [0.2, 0.25) is 0 Å². The van der Waals surface area contributed by atoms with Gasteiger partial charge >= 0.3 is 12.0 Å². The molecule has 120 valence electrons. The van der Waals surface area contributed by atoms with Gasteiger partial charge < -0.3 is 14.9 Å². The van der Waals surface area contributed by atoms with Gasteiger partial charge in [0.25, 0.3) is 0 Å². The van der Waals surface area contributed by atoms with E-state index < -0.39 is 11.4 Å². The molecule has 0 saturated carbocycles. The van der Waals surface area contributed by atoms with Gasteiger partial charge in [0.05, 0.1) is 5.41 Å². The second-order valence-electron chi connectivity index (χ2n) is 6.84. The van der Waals surface area contributed by atoms with Gasteiger partial charge in [0, 0.05) is 25.7 Å². The SMILES string of the molecule is CCCC1(C(=O)O)CCN(C(=O)N2CCCC(C)C2C)C1. The van der Waals surface area contributed by atoms with E-state index in [2.05, 4.69) is 13.8 Å². The number of nitrogens with zero attached hydrogens (tertiary/aromatic N) is 2. The Balaban J connectivity index is 2.06. The third kappa shape index (κ3) is 3.01. The minimum absolute atomic E-state index is 0.0354. The molecule has 2 aliphatic rings. The maximum absolute atomic E-state index is 12.7. The molecular formula is C16H28N2O3. The molecule has 1 N–H and O–H groups in total. The van der Waals surface area contributed by atoms with Crippen LogP contribution in [0.3, 0.4) is 0 Å². The normalized spacial score (nSPS) is 33.3. The fourth-order valence-electron chi connectivity index (χ4n) is 3.79. The Morgan fingerprint density at radius 1 is 1.29 bits per heavy atom. The number of hydrogen-bond acceptors (Lipinski definition) is 2. The summed E-state index contributed by atoms with van der Waals surface area (Å²) in [4.78, 5) is 28.1. The molecule has 2 amide bonds. The number of carboxylic acids is 1. The number of amides is 2. The molecule has 2 rings (SSSR count). The van der Waals surface area contributed by atoms with Crippen molar-refractivity contribution in [3.8, 4) is 0 Å². The first-order valence-corrected chi connectivity index (χ1v) is 8.20. The van der Waals surface area contributed by atoms with Crippen LogP contribution >= 0.6 is 0 Å². The van der Waals surface area contributed by atoms with Crippen molar-refractivity contribution in [2.45, 2.75) is 58.9 Å². The molecule has 2 heterocycles. The highest BCUT2D eigenvalue weighted by molar-refractivity contribution is 5.80. The fourth-order valence-corrected chi connectivity index (χ4v) is 3.79. The van der Waals surface area contributed by atoms with Gasteiger partial charge in [-0.3, -0.25) is 4.79 Å². The zero-order chi connectivity index (χ0) is 15.6. The maximum atomic E-state index is 12.7. The zero-order valence-corrected chi connectivity index (χ0v) is 13.5. The molecule has 0 aromatic rings. The number of rotatable bonds is 3. The maximum Gasteiger partial charge on any atom is 0.320 e. The summed E-state index contributed by atoms with van der Waals surface area (Å²) in [5, 5.41) is 9.55. The van der Waals surface area contributed by atoms with Gasteiger partial charge in [-0.15, -0.1) is 0 Å². The summed E-state index contributed by atoms with van der Waals surface area (Å²) in [6.07, 6.45) is 4.28. The van der Waals surface area contributed by atoms with E-state index in [0.29, 0.717) is 31.8 Å². The van der Waals surface area contributed by atoms with Crippen LogP contribution in [-0.2, 0) is 4.79 Å². The lowest BCUT2D eigenvalue weighted by atomic mass is 9.83. The minimum atomic E-state index is -0.750. The summed E-state index contributed by atoms with van der Waals surface area (Å²) in [6.45, 7) is 8.04. The molecule has 5 nitrogen and oxygen atoms in total. The van der Waals surface area contributed by atoms with Crippen molar-refractivity contribution in [1.29, 1.82) is 0 Å². The van der Waals surface area contributed by atoms with E-state index in [1.54, 1.807) is 4.90 Å². The molecule has 5 heteroatoms. The predicted molar refractivity (Wildman–Crippen MR) is 81.1 cm³/mol.